The number of hydrogen-bond acceptors (Lipinski definition) is 5. The summed E-state index contributed by atoms with van der Waals surface area (Å²) in [5.74, 6) is 1.09. The maximum atomic E-state index is 12.5. The van der Waals surface area contributed by atoms with E-state index < -0.39 is 0 Å². The molecule has 0 saturated carbocycles. The second-order valence-corrected chi connectivity index (χ2v) is 6.39. The highest BCUT2D eigenvalue weighted by Crippen LogP contribution is 2.30. The van der Waals surface area contributed by atoms with Gasteiger partial charge in [0, 0.05) is 17.1 Å². The first-order valence-electron chi connectivity index (χ1n) is 7.13. The average molecular weight is 404 g/mol. The number of ether oxygens (including phenoxy) is 1. The van der Waals surface area contributed by atoms with E-state index in [2.05, 4.69) is 31.2 Å². The van der Waals surface area contributed by atoms with E-state index >= 15 is 0 Å². The Balaban J connectivity index is 1.88. The van der Waals surface area contributed by atoms with Crippen molar-refractivity contribution in [2.75, 3.05) is 12.4 Å². The Morgan fingerprint density at radius 1 is 1.25 bits per heavy atom. The molecule has 0 aliphatic heterocycles. The van der Waals surface area contributed by atoms with Gasteiger partial charge in [-0.15, -0.1) is 11.3 Å². The number of halogens is 1. The van der Waals surface area contributed by atoms with E-state index in [-0.39, 0.29) is 5.91 Å². The van der Waals surface area contributed by atoms with Crippen LogP contribution in [-0.2, 0) is 5.33 Å². The summed E-state index contributed by atoms with van der Waals surface area (Å²) in [6, 6.07) is 13.0. The fraction of sp³-hybridized carbons (Fsp3) is 0.118. The van der Waals surface area contributed by atoms with Gasteiger partial charge in [-0.2, -0.15) is 0 Å². The molecule has 2 heterocycles. The predicted molar refractivity (Wildman–Crippen MR) is 98.9 cm³/mol. The van der Waals surface area contributed by atoms with Crippen LogP contribution in [0.1, 0.15) is 15.4 Å². The van der Waals surface area contributed by atoms with E-state index in [4.69, 9.17) is 4.74 Å². The van der Waals surface area contributed by atoms with Crippen LogP contribution in [0.4, 0.5) is 5.82 Å². The molecule has 0 unspecified atom stereocenters. The van der Waals surface area contributed by atoms with E-state index in [1.165, 1.54) is 11.3 Å². The monoisotopic (exact) mass is 403 g/mol. The van der Waals surface area contributed by atoms with E-state index in [9.17, 15) is 4.79 Å². The number of methoxy groups -OCH3 is 1. The van der Waals surface area contributed by atoms with Gasteiger partial charge in [0.1, 0.15) is 21.5 Å². The van der Waals surface area contributed by atoms with E-state index in [1.54, 1.807) is 25.4 Å². The number of nitrogens with zero attached hydrogens (tertiary/aromatic N) is 2. The highest BCUT2D eigenvalue weighted by atomic mass is 79.9. The number of alkyl halides is 1. The maximum absolute atomic E-state index is 12.5. The SMILES string of the molecule is COc1ccc(-c2nc(CBr)c(C(=O)Nc3ccccn3)s2)cc1. The van der Waals surface area contributed by atoms with Crippen molar-refractivity contribution >= 4 is 39.0 Å². The molecule has 0 bridgehead atoms. The number of anilines is 1. The van der Waals surface area contributed by atoms with Crippen molar-refractivity contribution in [1.82, 2.24) is 9.97 Å². The molecule has 2 aromatic heterocycles. The lowest BCUT2D eigenvalue weighted by Crippen LogP contribution is -2.12. The molecule has 1 N–H and O–H groups in total. The van der Waals surface area contributed by atoms with Crippen molar-refractivity contribution in [2.24, 2.45) is 0 Å². The lowest BCUT2D eigenvalue weighted by atomic mass is 10.2. The number of carbonyl (C=O) groups excluding carboxylic acids is 1. The molecule has 0 spiro atoms. The molecular weight excluding hydrogens is 390 g/mol. The van der Waals surface area contributed by atoms with Crippen LogP contribution in [0.5, 0.6) is 5.75 Å². The molecule has 0 saturated heterocycles. The number of pyridine rings is 1. The van der Waals surface area contributed by atoms with Crippen molar-refractivity contribution in [2.45, 2.75) is 5.33 Å². The molecule has 0 aliphatic rings. The van der Waals surface area contributed by atoms with Gasteiger partial charge in [0.2, 0.25) is 0 Å². The van der Waals surface area contributed by atoms with E-state index in [0.717, 1.165) is 16.3 Å². The van der Waals surface area contributed by atoms with Crippen LogP contribution in [0.25, 0.3) is 10.6 Å². The molecule has 5 nitrogen and oxygen atoms in total. The first kappa shape index (κ1) is 16.6. The maximum Gasteiger partial charge on any atom is 0.268 e. The lowest BCUT2D eigenvalue weighted by Gasteiger charge is -2.02. The van der Waals surface area contributed by atoms with Gasteiger partial charge >= 0.3 is 0 Å². The Kier molecular flexibility index (Phi) is 5.22. The molecule has 0 radical (unpaired) electrons. The largest absolute Gasteiger partial charge is 0.497 e. The number of carbonyl (C=O) groups is 1. The third kappa shape index (κ3) is 3.63. The number of hydrogen-bond donors (Lipinski definition) is 1. The summed E-state index contributed by atoms with van der Waals surface area (Å²) in [6.45, 7) is 0. The molecule has 7 heteroatoms. The molecule has 1 aromatic carbocycles. The van der Waals surface area contributed by atoms with E-state index in [1.807, 2.05) is 30.3 Å². The van der Waals surface area contributed by atoms with Gasteiger partial charge in [-0.1, -0.05) is 22.0 Å². The molecule has 3 rings (SSSR count). The number of amides is 1. The van der Waals surface area contributed by atoms with Gasteiger partial charge < -0.3 is 10.1 Å². The van der Waals surface area contributed by atoms with Gasteiger partial charge in [0.25, 0.3) is 5.91 Å². The second-order valence-electron chi connectivity index (χ2n) is 4.83. The first-order chi connectivity index (χ1) is 11.7. The summed E-state index contributed by atoms with van der Waals surface area (Å²) < 4.78 is 5.16. The minimum Gasteiger partial charge on any atom is -0.497 e. The fourth-order valence-electron chi connectivity index (χ4n) is 2.09. The van der Waals surface area contributed by atoms with Crippen LogP contribution in [0, 0.1) is 0 Å². The molecule has 3 aromatic rings. The molecular formula is C17H14BrN3O2S. The Bertz CT molecular complexity index is 835. The fourth-order valence-corrected chi connectivity index (χ4v) is 3.66. The average Bonchev–Trinajstić information content (AvgIpc) is 3.07. The van der Waals surface area contributed by atoms with Crippen molar-refractivity contribution in [3.05, 3.63) is 59.2 Å². The smallest absolute Gasteiger partial charge is 0.268 e. The van der Waals surface area contributed by atoms with Gasteiger partial charge in [0.05, 0.1) is 12.8 Å². The predicted octanol–water partition coefficient (Wildman–Crippen LogP) is 4.36. The summed E-state index contributed by atoms with van der Waals surface area (Å²) in [7, 11) is 1.63. The standard InChI is InChI=1S/C17H14BrN3O2S/c1-23-12-7-5-11(6-8-12)17-20-13(10-18)15(24-17)16(22)21-14-4-2-3-9-19-14/h2-9H,10H2,1H3,(H,19,21,22). The number of nitrogens with one attached hydrogen (secondary N) is 1. The van der Waals surface area contributed by atoms with Crippen LogP contribution in [0.2, 0.25) is 0 Å². The highest BCUT2D eigenvalue weighted by molar-refractivity contribution is 9.08. The molecule has 1 amide bonds. The van der Waals surface area contributed by atoms with Crippen LogP contribution in [0.3, 0.4) is 0 Å². The lowest BCUT2D eigenvalue weighted by molar-refractivity contribution is 0.102. The van der Waals surface area contributed by atoms with Crippen molar-refractivity contribution in [3.63, 3.8) is 0 Å². The van der Waals surface area contributed by atoms with Gasteiger partial charge in [-0.3, -0.25) is 4.79 Å². The second kappa shape index (κ2) is 7.55. The topological polar surface area (TPSA) is 64.1 Å². The zero-order chi connectivity index (χ0) is 16.9. The van der Waals surface area contributed by atoms with E-state index in [0.29, 0.717) is 21.7 Å². The zero-order valence-corrected chi connectivity index (χ0v) is 15.2. The van der Waals surface area contributed by atoms with Crippen LogP contribution in [0.15, 0.2) is 48.7 Å². The number of thiazole rings is 1. The molecule has 0 atom stereocenters. The molecule has 0 fully saturated rings. The zero-order valence-electron chi connectivity index (χ0n) is 12.8. The summed E-state index contributed by atoms with van der Waals surface area (Å²) in [5.41, 5.74) is 1.65. The van der Waals surface area contributed by atoms with Gasteiger partial charge in [-0.05, 0) is 36.4 Å². The van der Waals surface area contributed by atoms with Gasteiger partial charge in [-0.25, -0.2) is 9.97 Å². The number of benzene rings is 1. The summed E-state index contributed by atoms with van der Waals surface area (Å²) in [4.78, 5) is 21.8. The quantitative estimate of drug-likeness (QED) is 0.642. The Labute approximate surface area is 151 Å². The van der Waals surface area contributed by atoms with Crippen molar-refractivity contribution < 1.29 is 9.53 Å². The van der Waals surface area contributed by atoms with Crippen LogP contribution in [-0.4, -0.2) is 23.0 Å². The van der Waals surface area contributed by atoms with Crippen LogP contribution >= 0.6 is 27.3 Å². The van der Waals surface area contributed by atoms with Crippen molar-refractivity contribution in [3.8, 4) is 16.3 Å². The Morgan fingerprint density at radius 3 is 2.67 bits per heavy atom. The summed E-state index contributed by atoms with van der Waals surface area (Å²) in [6.07, 6.45) is 1.64. The number of aromatic nitrogens is 2. The molecule has 122 valence electrons. The minimum atomic E-state index is -0.208. The third-order valence-electron chi connectivity index (χ3n) is 3.27. The Morgan fingerprint density at radius 2 is 2.04 bits per heavy atom. The molecule has 0 aliphatic carbocycles. The summed E-state index contributed by atoms with van der Waals surface area (Å²) >= 11 is 4.76. The number of rotatable bonds is 5. The molecule has 24 heavy (non-hydrogen) atoms. The minimum absolute atomic E-state index is 0.208. The summed E-state index contributed by atoms with van der Waals surface area (Å²) in [5, 5.41) is 4.09. The third-order valence-corrected chi connectivity index (χ3v) is 4.95. The van der Waals surface area contributed by atoms with Crippen LogP contribution < -0.4 is 10.1 Å². The normalized spacial score (nSPS) is 10.4. The van der Waals surface area contributed by atoms with Gasteiger partial charge in [0.15, 0.2) is 0 Å². The van der Waals surface area contributed by atoms with Crippen molar-refractivity contribution in [1.29, 1.82) is 0 Å². The highest BCUT2D eigenvalue weighted by Gasteiger charge is 2.18. The Hall–Kier alpha value is -2.25. The first-order valence-corrected chi connectivity index (χ1v) is 9.07.